The molecule has 0 N–H and O–H groups in total. The lowest BCUT2D eigenvalue weighted by molar-refractivity contribution is 0.0782. The van der Waals surface area contributed by atoms with Gasteiger partial charge in [-0.15, -0.1) is 0 Å². The zero-order chi connectivity index (χ0) is 14.5. The SMILES string of the molecule is CC(C)c1ccc(C(=O)N(C)CCN2CCCC2)cc1. The molecule has 20 heavy (non-hydrogen) atoms. The number of rotatable bonds is 5. The Hall–Kier alpha value is -1.35. The van der Waals surface area contributed by atoms with Crippen LogP contribution in [0.5, 0.6) is 0 Å². The molecular weight excluding hydrogens is 248 g/mol. The number of nitrogens with zero attached hydrogens (tertiary/aromatic N) is 2. The molecule has 1 amide bonds. The molecule has 0 aliphatic carbocycles. The van der Waals surface area contributed by atoms with Crippen LogP contribution in [0.4, 0.5) is 0 Å². The fourth-order valence-electron chi connectivity index (χ4n) is 2.63. The van der Waals surface area contributed by atoms with Gasteiger partial charge >= 0.3 is 0 Å². The second-order valence-electron chi connectivity index (χ2n) is 6.05. The van der Waals surface area contributed by atoms with E-state index >= 15 is 0 Å². The highest BCUT2D eigenvalue weighted by atomic mass is 16.2. The fourth-order valence-corrected chi connectivity index (χ4v) is 2.63. The van der Waals surface area contributed by atoms with Crippen molar-refractivity contribution in [3.05, 3.63) is 35.4 Å². The first-order valence-electron chi connectivity index (χ1n) is 7.65. The lowest BCUT2D eigenvalue weighted by Crippen LogP contribution is -2.35. The van der Waals surface area contributed by atoms with E-state index in [0.717, 1.165) is 18.7 Å². The minimum absolute atomic E-state index is 0.125. The zero-order valence-corrected chi connectivity index (χ0v) is 12.9. The molecule has 0 spiro atoms. The minimum atomic E-state index is 0.125. The Morgan fingerprint density at radius 3 is 2.35 bits per heavy atom. The first-order chi connectivity index (χ1) is 9.58. The Labute approximate surface area is 122 Å². The first-order valence-corrected chi connectivity index (χ1v) is 7.65. The van der Waals surface area contributed by atoms with Crippen molar-refractivity contribution in [2.24, 2.45) is 0 Å². The maximum absolute atomic E-state index is 12.3. The molecule has 1 aliphatic heterocycles. The van der Waals surface area contributed by atoms with Crippen LogP contribution in [0.2, 0.25) is 0 Å². The molecule has 1 fully saturated rings. The molecule has 1 aliphatic rings. The summed E-state index contributed by atoms with van der Waals surface area (Å²) in [5.41, 5.74) is 2.07. The summed E-state index contributed by atoms with van der Waals surface area (Å²) >= 11 is 0. The molecule has 110 valence electrons. The van der Waals surface area contributed by atoms with Crippen molar-refractivity contribution in [1.29, 1.82) is 0 Å². The molecule has 1 aromatic carbocycles. The van der Waals surface area contributed by atoms with E-state index in [-0.39, 0.29) is 5.91 Å². The normalized spacial score (nSPS) is 15.8. The van der Waals surface area contributed by atoms with Crippen LogP contribution in [-0.2, 0) is 0 Å². The van der Waals surface area contributed by atoms with E-state index in [0.29, 0.717) is 5.92 Å². The molecule has 1 saturated heterocycles. The van der Waals surface area contributed by atoms with Gasteiger partial charge < -0.3 is 9.80 Å². The summed E-state index contributed by atoms with van der Waals surface area (Å²) in [6.07, 6.45) is 2.60. The summed E-state index contributed by atoms with van der Waals surface area (Å²) < 4.78 is 0. The molecular formula is C17H26N2O. The van der Waals surface area contributed by atoms with Crippen molar-refractivity contribution >= 4 is 5.91 Å². The molecule has 0 bridgehead atoms. The van der Waals surface area contributed by atoms with E-state index < -0.39 is 0 Å². The Morgan fingerprint density at radius 2 is 1.80 bits per heavy atom. The van der Waals surface area contributed by atoms with E-state index in [9.17, 15) is 4.79 Å². The van der Waals surface area contributed by atoms with Gasteiger partial charge in [0.1, 0.15) is 0 Å². The number of carbonyl (C=O) groups excluding carboxylic acids is 1. The summed E-state index contributed by atoms with van der Waals surface area (Å²) in [5, 5.41) is 0. The Balaban J connectivity index is 1.88. The van der Waals surface area contributed by atoms with Gasteiger partial charge in [0.2, 0.25) is 0 Å². The van der Waals surface area contributed by atoms with Crippen molar-refractivity contribution < 1.29 is 4.79 Å². The van der Waals surface area contributed by atoms with Crippen LogP contribution >= 0.6 is 0 Å². The zero-order valence-electron chi connectivity index (χ0n) is 12.9. The van der Waals surface area contributed by atoms with E-state index in [2.05, 4.69) is 30.9 Å². The second kappa shape index (κ2) is 6.89. The van der Waals surface area contributed by atoms with E-state index in [1.165, 1.54) is 31.5 Å². The second-order valence-corrected chi connectivity index (χ2v) is 6.05. The van der Waals surface area contributed by atoms with Gasteiger partial charge in [0, 0.05) is 25.7 Å². The highest BCUT2D eigenvalue weighted by Crippen LogP contribution is 2.15. The van der Waals surface area contributed by atoms with Crippen LogP contribution in [-0.4, -0.2) is 48.9 Å². The average Bonchev–Trinajstić information content (AvgIpc) is 2.97. The number of amides is 1. The molecule has 3 nitrogen and oxygen atoms in total. The van der Waals surface area contributed by atoms with E-state index in [1.807, 2.05) is 24.1 Å². The van der Waals surface area contributed by atoms with Gasteiger partial charge in [0.25, 0.3) is 5.91 Å². The summed E-state index contributed by atoms with van der Waals surface area (Å²) in [6, 6.07) is 8.02. The van der Waals surface area contributed by atoms with Gasteiger partial charge in [-0.1, -0.05) is 26.0 Å². The number of likely N-dealkylation sites (N-methyl/N-ethyl adjacent to an activating group) is 1. The molecule has 0 unspecified atom stereocenters. The third-order valence-corrected chi connectivity index (χ3v) is 4.12. The van der Waals surface area contributed by atoms with Crippen LogP contribution in [0.15, 0.2) is 24.3 Å². The standard InChI is InChI=1S/C17H26N2O/c1-14(2)15-6-8-16(9-7-15)17(20)18(3)12-13-19-10-4-5-11-19/h6-9,14H,4-5,10-13H2,1-3H3. The summed E-state index contributed by atoms with van der Waals surface area (Å²) in [6.45, 7) is 8.51. The summed E-state index contributed by atoms with van der Waals surface area (Å²) in [7, 11) is 1.90. The van der Waals surface area contributed by atoms with Crippen LogP contribution < -0.4 is 0 Å². The molecule has 2 rings (SSSR count). The third kappa shape index (κ3) is 3.83. The topological polar surface area (TPSA) is 23.6 Å². The maximum Gasteiger partial charge on any atom is 0.253 e. The lowest BCUT2D eigenvalue weighted by atomic mass is 10.0. The first kappa shape index (κ1) is 15.0. The minimum Gasteiger partial charge on any atom is -0.340 e. The highest BCUT2D eigenvalue weighted by Gasteiger charge is 2.15. The van der Waals surface area contributed by atoms with Crippen LogP contribution in [0.25, 0.3) is 0 Å². The maximum atomic E-state index is 12.3. The van der Waals surface area contributed by atoms with Crippen molar-refractivity contribution in [2.75, 3.05) is 33.2 Å². The van der Waals surface area contributed by atoms with Gasteiger partial charge in [-0.05, 0) is 49.5 Å². The van der Waals surface area contributed by atoms with Crippen molar-refractivity contribution in [2.45, 2.75) is 32.6 Å². The van der Waals surface area contributed by atoms with E-state index in [4.69, 9.17) is 0 Å². The van der Waals surface area contributed by atoms with Crippen LogP contribution in [0.1, 0.15) is 48.5 Å². The smallest absolute Gasteiger partial charge is 0.253 e. The average molecular weight is 274 g/mol. The highest BCUT2D eigenvalue weighted by molar-refractivity contribution is 5.94. The monoisotopic (exact) mass is 274 g/mol. The Morgan fingerprint density at radius 1 is 1.20 bits per heavy atom. The predicted molar refractivity (Wildman–Crippen MR) is 83.2 cm³/mol. The molecule has 0 aromatic heterocycles. The lowest BCUT2D eigenvalue weighted by Gasteiger charge is -2.21. The summed E-state index contributed by atoms with van der Waals surface area (Å²) in [4.78, 5) is 16.6. The summed E-state index contributed by atoms with van der Waals surface area (Å²) in [5.74, 6) is 0.631. The van der Waals surface area contributed by atoms with Gasteiger partial charge in [-0.2, -0.15) is 0 Å². The number of hydrogen-bond acceptors (Lipinski definition) is 2. The van der Waals surface area contributed by atoms with Crippen LogP contribution in [0.3, 0.4) is 0 Å². The number of likely N-dealkylation sites (tertiary alicyclic amines) is 1. The van der Waals surface area contributed by atoms with Gasteiger partial charge in [-0.25, -0.2) is 0 Å². The third-order valence-electron chi connectivity index (χ3n) is 4.12. The fraction of sp³-hybridized carbons (Fsp3) is 0.588. The largest absolute Gasteiger partial charge is 0.340 e. The van der Waals surface area contributed by atoms with Crippen LogP contribution in [0, 0.1) is 0 Å². The quantitative estimate of drug-likeness (QED) is 0.824. The molecule has 0 atom stereocenters. The van der Waals surface area contributed by atoms with Gasteiger partial charge in [-0.3, -0.25) is 4.79 Å². The number of carbonyl (C=O) groups is 1. The Bertz CT molecular complexity index is 433. The van der Waals surface area contributed by atoms with E-state index in [1.54, 1.807) is 0 Å². The predicted octanol–water partition coefficient (Wildman–Crippen LogP) is 2.98. The molecule has 1 aromatic rings. The number of hydrogen-bond donors (Lipinski definition) is 0. The number of benzene rings is 1. The molecule has 3 heteroatoms. The van der Waals surface area contributed by atoms with Crippen molar-refractivity contribution in [1.82, 2.24) is 9.80 Å². The molecule has 0 radical (unpaired) electrons. The van der Waals surface area contributed by atoms with Gasteiger partial charge in [0.15, 0.2) is 0 Å². The van der Waals surface area contributed by atoms with Crippen molar-refractivity contribution in [3.8, 4) is 0 Å². The molecule has 0 saturated carbocycles. The van der Waals surface area contributed by atoms with Crippen molar-refractivity contribution in [3.63, 3.8) is 0 Å². The van der Waals surface area contributed by atoms with Gasteiger partial charge in [0.05, 0.1) is 0 Å². The Kier molecular flexibility index (Phi) is 5.18. The molecule has 1 heterocycles.